The van der Waals surface area contributed by atoms with Crippen LogP contribution in [0.4, 0.5) is 5.69 Å². The Bertz CT molecular complexity index is 444. The maximum atomic E-state index is 4.37. The van der Waals surface area contributed by atoms with Crippen molar-refractivity contribution in [2.45, 2.75) is 13.5 Å². The number of nitrogens with zero attached hydrogens (tertiary/aromatic N) is 4. The third kappa shape index (κ3) is 1.23. The van der Waals surface area contributed by atoms with Crippen LogP contribution in [0.15, 0.2) is 18.6 Å². The zero-order valence-electron chi connectivity index (χ0n) is 8.73. The highest BCUT2D eigenvalue weighted by molar-refractivity contribution is 5.85. The minimum Gasteiger partial charge on any atom is -0.376 e. The van der Waals surface area contributed by atoms with Crippen molar-refractivity contribution in [1.29, 1.82) is 0 Å². The predicted octanol–water partition coefficient (Wildman–Crippen LogP) is 1.52. The summed E-state index contributed by atoms with van der Waals surface area (Å²) in [5.74, 6) is 0. The van der Waals surface area contributed by atoms with Crippen LogP contribution in [0.5, 0.6) is 0 Å². The Labute approximate surface area is 83.2 Å². The van der Waals surface area contributed by atoms with Crippen LogP contribution in [0.3, 0.4) is 0 Å². The highest BCUT2D eigenvalue weighted by atomic mass is 15.1. The molecule has 2 heterocycles. The monoisotopic (exact) mass is 190 g/mol. The van der Waals surface area contributed by atoms with Crippen LogP contribution in [-0.4, -0.2) is 28.6 Å². The molecule has 0 fully saturated rings. The first-order valence-corrected chi connectivity index (χ1v) is 4.71. The van der Waals surface area contributed by atoms with Gasteiger partial charge >= 0.3 is 0 Å². The molecule has 0 N–H and O–H groups in total. The summed E-state index contributed by atoms with van der Waals surface area (Å²) < 4.78 is 2.04. The van der Waals surface area contributed by atoms with Gasteiger partial charge in [-0.25, -0.2) is 9.97 Å². The van der Waals surface area contributed by atoms with Crippen molar-refractivity contribution in [1.82, 2.24) is 14.5 Å². The van der Waals surface area contributed by atoms with E-state index in [-0.39, 0.29) is 0 Å². The Morgan fingerprint density at radius 2 is 2.14 bits per heavy atom. The van der Waals surface area contributed by atoms with E-state index in [9.17, 15) is 0 Å². The van der Waals surface area contributed by atoms with Gasteiger partial charge in [0.2, 0.25) is 0 Å². The largest absolute Gasteiger partial charge is 0.376 e. The SMILES string of the molecule is CCn1cnc2c(N(C)C)ccnc21. The Kier molecular flexibility index (Phi) is 2.11. The van der Waals surface area contributed by atoms with Crippen molar-refractivity contribution in [2.75, 3.05) is 19.0 Å². The smallest absolute Gasteiger partial charge is 0.161 e. The number of fused-ring (bicyclic) bond motifs is 1. The molecule has 74 valence electrons. The molecule has 2 aromatic rings. The van der Waals surface area contributed by atoms with Crippen molar-refractivity contribution in [2.24, 2.45) is 0 Å². The maximum Gasteiger partial charge on any atom is 0.161 e. The number of pyridine rings is 1. The lowest BCUT2D eigenvalue weighted by Crippen LogP contribution is -2.09. The van der Waals surface area contributed by atoms with E-state index in [4.69, 9.17) is 0 Å². The molecule has 2 rings (SSSR count). The van der Waals surface area contributed by atoms with Crippen LogP contribution in [0.25, 0.3) is 11.2 Å². The highest BCUT2D eigenvalue weighted by Crippen LogP contribution is 2.21. The molecular weight excluding hydrogens is 176 g/mol. The van der Waals surface area contributed by atoms with Crippen LogP contribution in [0.2, 0.25) is 0 Å². The Morgan fingerprint density at radius 1 is 1.36 bits per heavy atom. The summed E-state index contributed by atoms with van der Waals surface area (Å²) >= 11 is 0. The molecule has 0 aliphatic heterocycles. The van der Waals surface area contributed by atoms with Crippen molar-refractivity contribution >= 4 is 16.9 Å². The highest BCUT2D eigenvalue weighted by Gasteiger charge is 2.08. The second-order valence-corrected chi connectivity index (χ2v) is 3.43. The van der Waals surface area contributed by atoms with Gasteiger partial charge < -0.3 is 9.47 Å². The molecule has 0 aromatic carbocycles. The number of imidazole rings is 1. The van der Waals surface area contributed by atoms with Crippen LogP contribution in [0, 0.1) is 0 Å². The normalized spacial score (nSPS) is 10.8. The maximum absolute atomic E-state index is 4.37. The van der Waals surface area contributed by atoms with E-state index >= 15 is 0 Å². The van der Waals surface area contributed by atoms with Gasteiger partial charge in [0.25, 0.3) is 0 Å². The number of hydrogen-bond donors (Lipinski definition) is 0. The van der Waals surface area contributed by atoms with E-state index < -0.39 is 0 Å². The summed E-state index contributed by atoms with van der Waals surface area (Å²) in [6.07, 6.45) is 3.66. The first-order valence-electron chi connectivity index (χ1n) is 4.71. The first kappa shape index (κ1) is 8.99. The second-order valence-electron chi connectivity index (χ2n) is 3.43. The molecule has 0 aliphatic carbocycles. The van der Waals surface area contributed by atoms with Gasteiger partial charge in [-0.05, 0) is 13.0 Å². The zero-order chi connectivity index (χ0) is 10.1. The number of hydrogen-bond acceptors (Lipinski definition) is 3. The lowest BCUT2D eigenvalue weighted by Gasteiger charge is -2.12. The molecule has 0 atom stereocenters. The van der Waals surface area contributed by atoms with Gasteiger partial charge in [-0.15, -0.1) is 0 Å². The molecule has 4 heteroatoms. The van der Waals surface area contributed by atoms with Gasteiger partial charge in [-0.3, -0.25) is 0 Å². The van der Waals surface area contributed by atoms with Crippen molar-refractivity contribution in [3.05, 3.63) is 18.6 Å². The van der Waals surface area contributed by atoms with Crippen LogP contribution < -0.4 is 4.90 Å². The molecule has 0 spiro atoms. The minimum atomic E-state index is 0.903. The molecule has 0 saturated carbocycles. The van der Waals surface area contributed by atoms with Gasteiger partial charge in [0.05, 0.1) is 12.0 Å². The standard InChI is InChI=1S/C10H14N4/c1-4-14-7-12-9-8(13(2)3)5-6-11-10(9)14/h5-7H,4H2,1-3H3. The van der Waals surface area contributed by atoms with E-state index in [0.717, 1.165) is 23.4 Å². The fraction of sp³-hybridized carbons (Fsp3) is 0.400. The van der Waals surface area contributed by atoms with Gasteiger partial charge in [0, 0.05) is 26.8 Å². The summed E-state index contributed by atoms with van der Waals surface area (Å²) in [6, 6.07) is 1.98. The molecule has 4 nitrogen and oxygen atoms in total. The second kappa shape index (κ2) is 3.29. The Balaban J connectivity index is 2.70. The Morgan fingerprint density at radius 3 is 2.79 bits per heavy atom. The van der Waals surface area contributed by atoms with Crippen LogP contribution >= 0.6 is 0 Å². The molecular formula is C10H14N4. The predicted molar refractivity (Wildman–Crippen MR) is 57.5 cm³/mol. The van der Waals surface area contributed by atoms with E-state index in [2.05, 4.69) is 21.8 Å². The third-order valence-electron chi connectivity index (χ3n) is 2.30. The minimum absolute atomic E-state index is 0.903. The van der Waals surface area contributed by atoms with Crippen LogP contribution in [-0.2, 0) is 6.54 Å². The van der Waals surface area contributed by atoms with Gasteiger partial charge in [-0.2, -0.15) is 0 Å². The van der Waals surface area contributed by atoms with Gasteiger partial charge in [-0.1, -0.05) is 0 Å². The number of rotatable bonds is 2. The van der Waals surface area contributed by atoms with E-state index in [1.807, 2.05) is 37.3 Å². The molecule has 0 unspecified atom stereocenters. The molecule has 0 saturated heterocycles. The first-order chi connectivity index (χ1) is 6.74. The number of anilines is 1. The molecule has 0 aliphatic rings. The summed E-state index contributed by atoms with van der Waals surface area (Å²) in [7, 11) is 4.03. The summed E-state index contributed by atoms with van der Waals surface area (Å²) in [5.41, 5.74) is 3.04. The summed E-state index contributed by atoms with van der Waals surface area (Å²) in [5, 5.41) is 0. The third-order valence-corrected chi connectivity index (χ3v) is 2.30. The van der Waals surface area contributed by atoms with Gasteiger partial charge in [0.15, 0.2) is 5.65 Å². The van der Waals surface area contributed by atoms with E-state index in [0.29, 0.717) is 0 Å². The van der Waals surface area contributed by atoms with Crippen molar-refractivity contribution in [3.63, 3.8) is 0 Å². The number of aryl methyl sites for hydroxylation is 1. The average Bonchev–Trinajstić information content (AvgIpc) is 2.59. The van der Waals surface area contributed by atoms with Crippen LogP contribution in [0.1, 0.15) is 6.92 Å². The molecule has 2 aromatic heterocycles. The Hall–Kier alpha value is -1.58. The van der Waals surface area contributed by atoms with E-state index in [1.54, 1.807) is 0 Å². The quantitative estimate of drug-likeness (QED) is 0.720. The number of aromatic nitrogens is 3. The molecule has 0 bridgehead atoms. The van der Waals surface area contributed by atoms with Crippen molar-refractivity contribution < 1.29 is 0 Å². The van der Waals surface area contributed by atoms with E-state index in [1.165, 1.54) is 0 Å². The van der Waals surface area contributed by atoms with Crippen molar-refractivity contribution in [3.8, 4) is 0 Å². The summed E-state index contributed by atoms with van der Waals surface area (Å²) in [4.78, 5) is 10.8. The molecule has 14 heavy (non-hydrogen) atoms. The average molecular weight is 190 g/mol. The lowest BCUT2D eigenvalue weighted by molar-refractivity contribution is 0.778. The molecule has 0 amide bonds. The lowest BCUT2D eigenvalue weighted by atomic mass is 10.3. The fourth-order valence-electron chi connectivity index (χ4n) is 1.54. The molecule has 0 radical (unpaired) electrons. The topological polar surface area (TPSA) is 34.0 Å². The van der Waals surface area contributed by atoms with Gasteiger partial charge in [0.1, 0.15) is 5.52 Å². The fourth-order valence-corrected chi connectivity index (χ4v) is 1.54. The zero-order valence-corrected chi connectivity index (χ0v) is 8.73. The summed E-state index contributed by atoms with van der Waals surface area (Å²) in [6.45, 7) is 2.99.